The van der Waals surface area contributed by atoms with Crippen molar-refractivity contribution in [2.45, 2.75) is 20.4 Å². The van der Waals surface area contributed by atoms with Crippen LogP contribution in [-0.4, -0.2) is 19.5 Å². The highest BCUT2D eigenvalue weighted by atomic mass is 35.5. The molecule has 2 rings (SSSR count). The Hall–Kier alpha value is -1.84. The van der Waals surface area contributed by atoms with Crippen LogP contribution < -0.4 is 10.2 Å². The van der Waals surface area contributed by atoms with Crippen LogP contribution in [0.3, 0.4) is 0 Å². The standard InChI is InChI=1S/C18H21ClN2O/c1-13-8-14(2)10-15(9-13)11-21(3)12-18(22)20-17-7-5-4-6-16(17)19/h4-10H,11-12H2,1-3H3,(H,20,22)/p+1. The van der Waals surface area contributed by atoms with Crippen molar-refractivity contribution in [2.75, 3.05) is 18.9 Å². The van der Waals surface area contributed by atoms with E-state index in [0.717, 1.165) is 11.4 Å². The number of likely N-dealkylation sites (N-methyl/N-ethyl adjacent to an activating group) is 1. The number of benzene rings is 2. The maximum absolute atomic E-state index is 12.1. The highest BCUT2D eigenvalue weighted by Crippen LogP contribution is 2.19. The summed E-state index contributed by atoms with van der Waals surface area (Å²) in [5, 5.41) is 3.42. The Morgan fingerprint density at radius 1 is 1.14 bits per heavy atom. The van der Waals surface area contributed by atoms with Crippen LogP contribution in [0.4, 0.5) is 5.69 Å². The first-order valence-corrected chi connectivity index (χ1v) is 7.74. The number of nitrogens with one attached hydrogen (secondary N) is 2. The van der Waals surface area contributed by atoms with Crippen molar-refractivity contribution in [1.29, 1.82) is 0 Å². The van der Waals surface area contributed by atoms with E-state index >= 15 is 0 Å². The van der Waals surface area contributed by atoms with Crippen LogP contribution >= 0.6 is 11.6 Å². The van der Waals surface area contributed by atoms with Crippen LogP contribution in [-0.2, 0) is 11.3 Å². The lowest BCUT2D eigenvalue weighted by Crippen LogP contribution is -3.08. The second-order valence-corrected chi connectivity index (χ2v) is 6.24. The van der Waals surface area contributed by atoms with Crippen LogP contribution in [0.15, 0.2) is 42.5 Å². The average molecular weight is 318 g/mol. The lowest BCUT2D eigenvalue weighted by Gasteiger charge is -2.15. The molecule has 22 heavy (non-hydrogen) atoms. The van der Waals surface area contributed by atoms with Crippen molar-refractivity contribution in [3.63, 3.8) is 0 Å². The number of carbonyl (C=O) groups excluding carboxylic acids is 1. The third-order valence-electron chi connectivity index (χ3n) is 3.40. The molecule has 0 fully saturated rings. The summed E-state index contributed by atoms with van der Waals surface area (Å²) < 4.78 is 0. The van der Waals surface area contributed by atoms with Gasteiger partial charge in [-0.1, -0.05) is 53.1 Å². The molecule has 0 spiro atoms. The number of amides is 1. The van der Waals surface area contributed by atoms with Crippen molar-refractivity contribution in [3.8, 4) is 0 Å². The molecule has 0 heterocycles. The van der Waals surface area contributed by atoms with Gasteiger partial charge in [-0.05, 0) is 26.0 Å². The van der Waals surface area contributed by atoms with E-state index in [1.54, 1.807) is 12.1 Å². The summed E-state index contributed by atoms with van der Waals surface area (Å²) in [6.07, 6.45) is 0. The van der Waals surface area contributed by atoms with Crippen LogP contribution in [0.1, 0.15) is 16.7 Å². The van der Waals surface area contributed by atoms with Crippen LogP contribution in [0.5, 0.6) is 0 Å². The lowest BCUT2D eigenvalue weighted by molar-refractivity contribution is -0.885. The SMILES string of the molecule is Cc1cc(C)cc(C[NH+](C)CC(=O)Nc2ccccc2Cl)c1. The molecule has 0 aliphatic heterocycles. The smallest absolute Gasteiger partial charge is 0.279 e. The van der Waals surface area contributed by atoms with E-state index in [2.05, 4.69) is 37.4 Å². The van der Waals surface area contributed by atoms with E-state index in [-0.39, 0.29) is 5.91 Å². The number of anilines is 1. The molecule has 116 valence electrons. The van der Waals surface area contributed by atoms with Crippen LogP contribution in [0.2, 0.25) is 5.02 Å². The van der Waals surface area contributed by atoms with Gasteiger partial charge < -0.3 is 10.2 Å². The maximum Gasteiger partial charge on any atom is 0.279 e. The Balaban J connectivity index is 1.92. The van der Waals surface area contributed by atoms with Crippen molar-refractivity contribution in [2.24, 2.45) is 0 Å². The van der Waals surface area contributed by atoms with Gasteiger partial charge in [0.15, 0.2) is 6.54 Å². The number of halogens is 1. The van der Waals surface area contributed by atoms with Gasteiger partial charge in [0, 0.05) is 5.56 Å². The molecule has 0 aliphatic carbocycles. The van der Waals surface area contributed by atoms with E-state index in [4.69, 9.17) is 11.6 Å². The third kappa shape index (κ3) is 4.86. The fraction of sp³-hybridized carbons (Fsp3) is 0.278. The molecule has 1 amide bonds. The summed E-state index contributed by atoms with van der Waals surface area (Å²) in [5.41, 5.74) is 4.42. The third-order valence-corrected chi connectivity index (χ3v) is 3.73. The zero-order valence-electron chi connectivity index (χ0n) is 13.2. The number of rotatable bonds is 5. The van der Waals surface area contributed by atoms with Crippen LogP contribution in [0.25, 0.3) is 0 Å². The number of carbonyl (C=O) groups is 1. The molecule has 0 radical (unpaired) electrons. The molecular weight excluding hydrogens is 296 g/mol. The zero-order chi connectivity index (χ0) is 16.1. The van der Waals surface area contributed by atoms with Gasteiger partial charge in [-0.15, -0.1) is 0 Å². The minimum atomic E-state index is -0.0324. The molecule has 0 aliphatic rings. The number of quaternary nitrogens is 1. The van der Waals surface area contributed by atoms with E-state index in [1.807, 2.05) is 19.2 Å². The first kappa shape index (κ1) is 16.5. The number of para-hydroxylation sites is 1. The van der Waals surface area contributed by atoms with E-state index in [1.165, 1.54) is 16.7 Å². The summed E-state index contributed by atoms with van der Waals surface area (Å²) in [7, 11) is 2.02. The minimum Gasteiger partial charge on any atom is -0.326 e. The van der Waals surface area contributed by atoms with Gasteiger partial charge in [-0.25, -0.2) is 0 Å². The molecule has 1 unspecified atom stereocenters. The van der Waals surface area contributed by atoms with E-state index in [9.17, 15) is 4.79 Å². The van der Waals surface area contributed by atoms with Gasteiger partial charge in [-0.2, -0.15) is 0 Å². The van der Waals surface area contributed by atoms with Crippen molar-refractivity contribution in [1.82, 2.24) is 0 Å². The maximum atomic E-state index is 12.1. The van der Waals surface area contributed by atoms with Gasteiger partial charge in [0.1, 0.15) is 6.54 Å². The molecule has 2 aromatic rings. The second-order valence-electron chi connectivity index (χ2n) is 5.83. The molecule has 0 saturated heterocycles. The molecular formula is C18H22ClN2O+. The number of aryl methyl sites for hydroxylation is 2. The van der Waals surface area contributed by atoms with Gasteiger partial charge in [-0.3, -0.25) is 4.79 Å². The van der Waals surface area contributed by atoms with Crippen molar-refractivity contribution in [3.05, 3.63) is 64.2 Å². The van der Waals surface area contributed by atoms with Gasteiger partial charge in [0.2, 0.25) is 0 Å². The predicted octanol–water partition coefficient (Wildman–Crippen LogP) is 2.61. The molecule has 3 nitrogen and oxygen atoms in total. The lowest BCUT2D eigenvalue weighted by atomic mass is 10.1. The highest BCUT2D eigenvalue weighted by Gasteiger charge is 2.12. The van der Waals surface area contributed by atoms with Gasteiger partial charge >= 0.3 is 0 Å². The van der Waals surface area contributed by atoms with Crippen LogP contribution in [0, 0.1) is 13.8 Å². The Morgan fingerprint density at radius 3 is 2.41 bits per heavy atom. The second kappa shape index (κ2) is 7.43. The van der Waals surface area contributed by atoms with Crippen molar-refractivity contribution >= 4 is 23.2 Å². The summed E-state index contributed by atoms with van der Waals surface area (Å²) in [6.45, 7) is 5.41. The molecule has 2 aromatic carbocycles. The molecule has 0 bridgehead atoms. The van der Waals surface area contributed by atoms with E-state index < -0.39 is 0 Å². The summed E-state index contributed by atoms with van der Waals surface area (Å²) in [6, 6.07) is 13.8. The quantitative estimate of drug-likeness (QED) is 0.873. The Kier molecular flexibility index (Phi) is 5.58. The average Bonchev–Trinajstić information content (AvgIpc) is 2.39. The first-order chi connectivity index (χ1) is 10.4. The highest BCUT2D eigenvalue weighted by molar-refractivity contribution is 6.33. The minimum absolute atomic E-state index is 0.0324. The molecule has 0 aromatic heterocycles. The predicted molar refractivity (Wildman–Crippen MR) is 91.5 cm³/mol. The first-order valence-electron chi connectivity index (χ1n) is 7.37. The molecule has 1 atom stereocenters. The van der Waals surface area contributed by atoms with Crippen molar-refractivity contribution < 1.29 is 9.69 Å². The van der Waals surface area contributed by atoms with E-state index in [0.29, 0.717) is 17.3 Å². The topological polar surface area (TPSA) is 33.5 Å². The number of hydrogen-bond donors (Lipinski definition) is 2. The fourth-order valence-corrected chi connectivity index (χ4v) is 2.80. The largest absolute Gasteiger partial charge is 0.326 e. The molecule has 0 saturated carbocycles. The summed E-state index contributed by atoms with van der Waals surface area (Å²) >= 11 is 6.05. The number of hydrogen-bond acceptors (Lipinski definition) is 1. The Bertz CT molecular complexity index is 650. The Labute approximate surface area is 136 Å². The molecule has 2 N–H and O–H groups in total. The van der Waals surface area contributed by atoms with Gasteiger partial charge in [0.05, 0.1) is 17.8 Å². The summed E-state index contributed by atoms with van der Waals surface area (Å²) in [4.78, 5) is 13.2. The van der Waals surface area contributed by atoms with Gasteiger partial charge in [0.25, 0.3) is 5.91 Å². The zero-order valence-corrected chi connectivity index (χ0v) is 14.0. The fourth-order valence-electron chi connectivity index (χ4n) is 2.61. The normalized spacial score (nSPS) is 12.0. The Morgan fingerprint density at radius 2 is 1.77 bits per heavy atom. The monoisotopic (exact) mass is 317 g/mol. The summed E-state index contributed by atoms with van der Waals surface area (Å²) in [5.74, 6) is -0.0324. The molecule has 4 heteroatoms.